The number of aliphatic hydroxyl groups excluding tert-OH is 4. The van der Waals surface area contributed by atoms with Crippen LogP contribution in [0.3, 0.4) is 0 Å². The second-order valence-corrected chi connectivity index (χ2v) is 8.45. The molecule has 2 fully saturated rings. The lowest BCUT2D eigenvalue weighted by molar-refractivity contribution is -0.319. The summed E-state index contributed by atoms with van der Waals surface area (Å²) in [4.78, 5) is 11.3. The average molecular weight is 388 g/mol. The van der Waals surface area contributed by atoms with Gasteiger partial charge in [-0.3, -0.25) is 4.79 Å². The third-order valence-corrected chi connectivity index (χ3v) is 5.94. The Bertz CT molecular complexity index is 560. The predicted molar refractivity (Wildman–Crippen MR) is 95.6 cm³/mol. The maximum absolute atomic E-state index is 11.3. The molecule has 2 rings (SSSR count). The number of rotatable bonds is 5. The van der Waals surface area contributed by atoms with Gasteiger partial charge in [-0.25, -0.2) is 0 Å². The number of carbonyl (C=O) groups is 1. The van der Waals surface area contributed by atoms with Crippen molar-refractivity contribution in [2.24, 2.45) is 11.3 Å². The zero-order chi connectivity index (χ0) is 20.6. The van der Waals surface area contributed by atoms with Gasteiger partial charge in [0.1, 0.15) is 24.4 Å². The smallest absolute Gasteiger partial charge is 0.186 e. The van der Waals surface area contributed by atoms with Crippen LogP contribution in [0.4, 0.5) is 0 Å². The Morgan fingerprint density at radius 2 is 1.85 bits per heavy atom. The molecule has 1 aliphatic carbocycles. The van der Waals surface area contributed by atoms with Crippen molar-refractivity contribution in [2.75, 3.05) is 6.61 Å². The van der Waals surface area contributed by atoms with E-state index in [4.69, 9.17) is 9.47 Å². The van der Waals surface area contributed by atoms with Crippen LogP contribution in [0.5, 0.6) is 0 Å². The van der Waals surface area contributed by atoms with Gasteiger partial charge < -0.3 is 35.0 Å². The van der Waals surface area contributed by atoms with Crippen molar-refractivity contribution >= 4 is 5.78 Å². The summed E-state index contributed by atoms with van der Waals surface area (Å²) in [6.07, 6.45) is -3.23. The highest BCUT2D eigenvalue weighted by molar-refractivity contribution is 5.87. The van der Waals surface area contributed by atoms with Crippen LogP contribution < -0.4 is 0 Å². The molecule has 0 radical (unpaired) electrons. The molecule has 8 nitrogen and oxygen atoms in total. The second kappa shape index (κ2) is 8.24. The molecule has 0 unspecified atom stereocenters. The van der Waals surface area contributed by atoms with Gasteiger partial charge in [0.25, 0.3) is 0 Å². The first-order valence-corrected chi connectivity index (χ1v) is 9.31. The molecular formula is C19H32O8. The van der Waals surface area contributed by atoms with E-state index < -0.39 is 48.3 Å². The standard InChI is InChI=1S/C19H32O8/c1-10-7-12(8-18(3,4)19(10,25)6-5-11(2)21)26-17-16(24)15(23)14(22)13(9-20)27-17/h5-6,10,12-17,20,22-25H,7-9H2,1-4H3/b6-5+/t10-,12+,13-,14-,15+,16-,17-,19+/m1/s1. The van der Waals surface area contributed by atoms with Gasteiger partial charge >= 0.3 is 0 Å². The molecule has 2 aliphatic rings. The van der Waals surface area contributed by atoms with Gasteiger partial charge in [0.05, 0.1) is 18.3 Å². The van der Waals surface area contributed by atoms with E-state index in [1.807, 2.05) is 20.8 Å². The molecular weight excluding hydrogens is 356 g/mol. The van der Waals surface area contributed by atoms with Gasteiger partial charge in [-0.2, -0.15) is 0 Å². The number of carbonyl (C=O) groups excluding carboxylic acids is 1. The molecule has 0 spiro atoms. The number of hydrogen-bond acceptors (Lipinski definition) is 8. The first kappa shape index (κ1) is 22.4. The summed E-state index contributed by atoms with van der Waals surface area (Å²) in [7, 11) is 0. The van der Waals surface area contributed by atoms with E-state index in [1.165, 1.54) is 13.0 Å². The lowest BCUT2D eigenvalue weighted by atomic mass is 9.59. The van der Waals surface area contributed by atoms with Crippen LogP contribution >= 0.6 is 0 Å². The lowest BCUT2D eigenvalue weighted by Crippen LogP contribution is -2.61. The first-order chi connectivity index (χ1) is 12.4. The highest BCUT2D eigenvalue weighted by Gasteiger charge is 2.52. The fourth-order valence-corrected chi connectivity index (χ4v) is 4.16. The summed E-state index contributed by atoms with van der Waals surface area (Å²) < 4.78 is 11.3. The third kappa shape index (κ3) is 4.42. The molecule has 0 aromatic carbocycles. The Morgan fingerprint density at radius 1 is 1.22 bits per heavy atom. The van der Waals surface area contributed by atoms with Crippen molar-refractivity contribution in [1.29, 1.82) is 0 Å². The highest BCUT2D eigenvalue weighted by atomic mass is 16.7. The Morgan fingerprint density at radius 3 is 2.37 bits per heavy atom. The summed E-state index contributed by atoms with van der Waals surface area (Å²) in [5.41, 5.74) is -1.83. The number of ketones is 1. The average Bonchev–Trinajstić information content (AvgIpc) is 2.58. The minimum Gasteiger partial charge on any atom is -0.394 e. The van der Waals surface area contributed by atoms with E-state index in [-0.39, 0.29) is 17.8 Å². The molecule has 0 bridgehead atoms. The van der Waals surface area contributed by atoms with Crippen molar-refractivity contribution in [2.45, 2.75) is 82.9 Å². The highest BCUT2D eigenvalue weighted by Crippen LogP contribution is 2.49. The zero-order valence-corrected chi connectivity index (χ0v) is 16.3. The molecule has 0 amide bonds. The van der Waals surface area contributed by atoms with Gasteiger partial charge in [0.2, 0.25) is 0 Å². The maximum atomic E-state index is 11.3. The predicted octanol–water partition coefficient (Wildman–Crippen LogP) is -0.496. The number of aliphatic hydroxyl groups is 5. The minimum absolute atomic E-state index is 0.147. The summed E-state index contributed by atoms with van der Waals surface area (Å²) >= 11 is 0. The molecule has 1 saturated heterocycles. The van der Waals surface area contributed by atoms with E-state index in [0.29, 0.717) is 12.8 Å². The van der Waals surface area contributed by atoms with Crippen LogP contribution in [0, 0.1) is 11.3 Å². The Kier molecular flexibility index (Phi) is 6.85. The Balaban J connectivity index is 2.13. The van der Waals surface area contributed by atoms with Gasteiger partial charge in [-0.05, 0) is 43.3 Å². The Labute approximate surface area is 159 Å². The van der Waals surface area contributed by atoms with E-state index >= 15 is 0 Å². The van der Waals surface area contributed by atoms with Crippen LogP contribution in [0.15, 0.2) is 12.2 Å². The zero-order valence-electron chi connectivity index (χ0n) is 16.3. The monoisotopic (exact) mass is 388 g/mol. The molecule has 1 aliphatic heterocycles. The van der Waals surface area contributed by atoms with Crippen molar-refractivity contribution < 1.29 is 39.8 Å². The van der Waals surface area contributed by atoms with E-state index in [1.54, 1.807) is 6.08 Å². The summed E-state index contributed by atoms with van der Waals surface area (Å²) in [5, 5.41) is 50.4. The van der Waals surface area contributed by atoms with Crippen molar-refractivity contribution in [3.63, 3.8) is 0 Å². The summed E-state index contributed by atoms with van der Waals surface area (Å²) in [6, 6.07) is 0. The van der Waals surface area contributed by atoms with Crippen molar-refractivity contribution in [1.82, 2.24) is 0 Å². The molecule has 1 saturated carbocycles. The molecule has 8 atom stereocenters. The molecule has 5 N–H and O–H groups in total. The van der Waals surface area contributed by atoms with Gasteiger partial charge in [0.15, 0.2) is 12.1 Å². The molecule has 0 aromatic heterocycles. The largest absolute Gasteiger partial charge is 0.394 e. The molecule has 156 valence electrons. The SMILES string of the molecule is CC(=O)/C=C/[C@]1(O)[C@H](C)C[C@H](O[C@@H]2O[C@H](CO)[C@@H](O)[C@H](O)[C@H]2O)CC1(C)C. The van der Waals surface area contributed by atoms with Crippen molar-refractivity contribution in [3.8, 4) is 0 Å². The quantitative estimate of drug-likeness (QED) is 0.398. The van der Waals surface area contributed by atoms with Crippen LogP contribution in [-0.2, 0) is 14.3 Å². The molecule has 8 heteroatoms. The second-order valence-electron chi connectivity index (χ2n) is 8.45. The topological polar surface area (TPSA) is 137 Å². The Hall–Kier alpha value is -0.870. The van der Waals surface area contributed by atoms with Crippen LogP contribution in [0.25, 0.3) is 0 Å². The van der Waals surface area contributed by atoms with Crippen LogP contribution in [0.1, 0.15) is 40.5 Å². The van der Waals surface area contributed by atoms with Crippen LogP contribution in [0.2, 0.25) is 0 Å². The fourth-order valence-electron chi connectivity index (χ4n) is 4.16. The molecule has 1 heterocycles. The molecule has 0 aromatic rings. The number of allylic oxidation sites excluding steroid dienone is 1. The van der Waals surface area contributed by atoms with Gasteiger partial charge in [-0.15, -0.1) is 0 Å². The van der Waals surface area contributed by atoms with Crippen LogP contribution in [-0.4, -0.2) is 80.3 Å². The summed E-state index contributed by atoms with van der Waals surface area (Å²) in [6.45, 7) is 6.50. The number of hydrogen-bond donors (Lipinski definition) is 5. The van der Waals surface area contributed by atoms with Crippen molar-refractivity contribution in [3.05, 3.63) is 12.2 Å². The van der Waals surface area contributed by atoms with E-state index in [9.17, 15) is 30.3 Å². The normalized spacial score (nSPS) is 45.1. The van der Waals surface area contributed by atoms with E-state index in [0.717, 1.165) is 0 Å². The number of ether oxygens (including phenoxy) is 2. The van der Waals surface area contributed by atoms with E-state index in [2.05, 4.69) is 0 Å². The molecule has 27 heavy (non-hydrogen) atoms. The third-order valence-electron chi connectivity index (χ3n) is 5.94. The first-order valence-electron chi connectivity index (χ1n) is 9.31. The fraction of sp³-hybridized carbons (Fsp3) is 0.842. The maximum Gasteiger partial charge on any atom is 0.186 e. The van der Waals surface area contributed by atoms with Gasteiger partial charge in [0, 0.05) is 0 Å². The summed E-state index contributed by atoms with van der Waals surface area (Å²) in [5.74, 6) is -0.391. The lowest BCUT2D eigenvalue weighted by Gasteiger charge is -2.52. The minimum atomic E-state index is -1.50. The van der Waals surface area contributed by atoms with Gasteiger partial charge in [-0.1, -0.05) is 20.8 Å².